The molecule has 0 saturated heterocycles. The molecule has 4 N–H and O–H groups in total. The Morgan fingerprint density at radius 2 is 1.80 bits per heavy atom. The highest BCUT2D eigenvalue weighted by Crippen LogP contribution is 2.11. The van der Waals surface area contributed by atoms with Crippen LogP contribution in [0.1, 0.15) is 11.1 Å². The van der Waals surface area contributed by atoms with Crippen LogP contribution in [-0.4, -0.2) is 36.5 Å². The maximum Gasteiger partial charge on any atom is 0.404 e. The minimum absolute atomic E-state index is 0.321. The lowest BCUT2D eigenvalue weighted by Crippen LogP contribution is -2.41. The van der Waals surface area contributed by atoms with Crippen molar-refractivity contribution in [2.75, 3.05) is 13.1 Å². The highest BCUT2D eigenvalue weighted by molar-refractivity contribution is 9.10. The maximum absolute atomic E-state index is 11.1. The summed E-state index contributed by atoms with van der Waals surface area (Å²) in [4.78, 5) is 11.1. The lowest BCUT2D eigenvalue weighted by Gasteiger charge is -2.23. The molecule has 0 radical (unpaired) electrons. The normalized spacial score (nSPS) is 13.2. The molecule has 0 aliphatic carbocycles. The van der Waals surface area contributed by atoms with E-state index in [0.717, 1.165) is 16.5 Å². The quantitative estimate of drug-likeness (QED) is 0.558. The largest absolute Gasteiger partial charge is 0.443 e. The van der Waals surface area contributed by atoms with Gasteiger partial charge >= 0.3 is 6.09 Å². The zero-order valence-electron chi connectivity index (χ0n) is 13.9. The standard InChI is InChI=1S/C19H23BrN2O3/c20-16-8-6-14(7-9-16)10-11-22-13-17(23)18(25-19(21)24)12-15-4-2-1-3-5-15/h1-9,17-18,22-23H,10-13H2,(H2,21,24)/t17-,18+/m1/s1. The Labute approximate surface area is 156 Å². The van der Waals surface area contributed by atoms with Crippen LogP contribution in [0.2, 0.25) is 0 Å². The fourth-order valence-electron chi connectivity index (χ4n) is 2.52. The number of nitrogens with one attached hydrogen (secondary N) is 1. The van der Waals surface area contributed by atoms with Gasteiger partial charge in [-0.25, -0.2) is 4.79 Å². The van der Waals surface area contributed by atoms with E-state index < -0.39 is 18.3 Å². The Morgan fingerprint density at radius 3 is 2.44 bits per heavy atom. The zero-order valence-corrected chi connectivity index (χ0v) is 15.5. The number of carbonyl (C=O) groups is 1. The molecule has 6 heteroatoms. The van der Waals surface area contributed by atoms with Crippen molar-refractivity contribution >= 4 is 22.0 Å². The number of primary amides is 1. The van der Waals surface area contributed by atoms with E-state index in [0.29, 0.717) is 19.5 Å². The van der Waals surface area contributed by atoms with Crippen LogP contribution in [0.3, 0.4) is 0 Å². The molecule has 2 rings (SSSR count). The molecule has 2 aromatic rings. The summed E-state index contributed by atoms with van der Waals surface area (Å²) in [5, 5.41) is 13.5. The van der Waals surface area contributed by atoms with Crippen LogP contribution < -0.4 is 11.1 Å². The monoisotopic (exact) mass is 406 g/mol. The number of aliphatic hydroxyl groups is 1. The van der Waals surface area contributed by atoms with Crippen molar-refractivity contribution in [2.45, 2.75) is 25.0 Å². The van der Waals surface area contributed by atoms with Crippen molar-refractivity contribution in [1.82, 2.24) is 5.32 Å². The summed E-state index contributed by atoms with van der Waals surface area (Å²) in [6.45, 7) is 1.04. The number of carbonyl (C=O) groups excluding carboxylic acids is 1. The highest BCUT2D eigenvalue weighted by atomic mass is 79.9. The second-order valence-corrected chi connectivity index (χ2v) is 6.73. The van der Waals surface area contributed by atoms with Gasteiger partial charge in [-0.15, -0.1) is 0 Å². The first kappa shape index (κ1) is 19.4. The third-order valence-electron chi connectivity index (χ3n) is 3.83. The van der Waals surface area contributed by atoms with Gasteiger partial charge in [0.05, 0.1) is 0 Å². The summed E-state index contributed by atoms with van der Waals surface area (Å²) in [7, 11) is 0. The minimum Gasteiger partial charge on any atom is -0.443 e. The smallest absolute Gasteiger partial charge is 0.404 e. The van der Waals surface area contributed by atoms with Crippen molar-refractivity contribution in [3.05, 3.63) is 70.2 Å². The van der Waals surface area contributed by atoms with Crippen LogP contribution in [0.5, 0.6) is 0 Å². The summed E-state index contributed by atoms with van der Waals surface area (Å²) in [5.41, 5.74) is 7.31. The number of hydrogen-bond acceptors (Lipinski definition) is 4. The van der Waals surface area contributed by atoms with Gasteiger partial charge in [-0.1, -0.05) is 58.4 Å². The van der Waals surface area contributed by atoms with E-state index in [-0.39, 0.29) is 0 Å². The Morgan fingerprint density at radius 1 is 1.12 bits per heavy atom. The molecule has 2 aromatic carbocycles. The van der Waals surface area contributed by atoms with Gasteiger partial charge in [0.2, 0.25) is 0 Å². The van der Waals surface area contributed by atoms with E-state index in [4.69, 9.17) is 10.5 Å². The van der Waals surface area contributed by atoms with Gasteiger partial charge in [-0.05, 0) is 36.2 Å². The van der Waals surface area contributed by atoms with Crippen molar-refractivity contribution in [3.63, 3.8) is 0 Å². The lowest BCUT2D eigenvalue weighted by atomic mass is 10.0. The predicted molar refractivity (Wildman–Crippen MR) is 101 cm³/mol. The molecule has 0 aliphatic rings. The van der Waals surface area contributed by atoms with E-state index in [9.17, 15) is 9.90 Å². The number of ether oxygens (including phenoxy) is 1. The first-order valence-corrected chi connectivity index (χ1v) is 8.97. The Balaban J connectivity index is 1.80. The molecule has 5 nitrogen and oxygen atoms in total. The van der Waals surface area contributed by atoms with Gasteiger partial charge in [0.25, 0.3) is 0 Å². The Bertz CT molecular complexity index is 649. The van der Waals surface area contributed by atoms with Gasteiger partial charge in [-0.3, -0.25) is 0 Å². The second-order valence-electron chi connectivity index (χ2n) is 5.81. The zero-order chi connectivity index (χ0) is 18.1. The number of rotatable bonds is 9. The fraction of sp³-hybridized carbons (Fsp3) is 0.316. The molecule has 0 spiro atoms. The third-order valence-corrected chi connectivity index (χ3v) is 4.36. The third kappa shape index (κ3) is 7.25. The average molecular weight is 407 g/mol. The Kier molecular flexibility index (Phi) is 7.91. The molecule has 0 fully saturated rings. The number of amides is 1. The van der Waals surface area contributed by atoms with Gasteiger partial charge in [0.1, 0.15) is 12.2 Å². The molecule has 0 heterocycles. The van der Waals surface area contributed by atoms with Gasteiger partial charge in [0.15, 0.2) is 0 Å². The topological polar surface area (TPSA) is 84.6 Å². The van der Waals surface area contributed by atoms with Crippen molar-refractivity contribution < 1.29 is 14.6 Å². The van der Waals surface area contributed by atoms with E-state index in [1.54, 1.807) is 0 Å². The van der Waals surface area contributed by atoms with Gasteiger partial charge in [-0.2, -0.15) is 0 Å². The molecular formula is C19H23BrN2O3. The first-order valence-electron chi connectivity index (χ1n) is 8.18. The van der Waals surface area contributed by atoms with Crippen LogP contribution in [-0.2, 0) is 17.6 Å². The minimum atomic E-state index is -0.880. The molecule has 0 saturated carbocycles. The van der Waals surface area contributed by atoms with Gasteiger partial charge < -0.3 is 20.9 Å². The van der Waals surface area contributed by atoms with E-state index in [1.165, 1.54) is 5.56 Å². The predicted octanol–water partition coefficient (Wildman–Crippen LogP) is 2.65. The molecule has 25 heavy (non-hydrogen) atoms. The number of aliphatic hydroxyl groups excluding tert-OH is 1. The lowest BCUT2D eigenvalue weighted by molar-refractivity contribution is 0.00756. The van der Waals surface area contributed by atoms with Crippen molar-refractivity contribution in [2.24, 2.45) is 5.73 Å². The number of benzene rings is 2. The van der Waals surface area contributed by atoms with Crippen LogP contribution in [0.15, 0.2) is 59.1 Å². The van der Waals surface area contributed by atoms with Crippen LogP contribution in [0.25, 0.3) is 0 Å². The summed E-state index contributed by atoms with van der Waals surface area (Å²) in [6, 6.07) is 17.7. The molecule has 2 atom stereocenters. The summed E-state index contributed by atoms with van der Waals surface area (Å²) >= 11 is 3.41. The Hall–Kier alpha value is -1.89. The SMILES string of the molecule is NC(=O)O[C@@H](Cc1ccccc1)[C@H](O)CNCCc1ccc(Br)cc1. The molecule has 0 aliphatic heterocycles. The number of halogens is 1. The van der Waals surface area contributed by atoms with Crippen molar-refractivity contribution in [1.29, 1.82) is 0 Å². The summed E-state index contributed by atoms with van der Waals surface area (Å²) in [5.74, 6) is 0. The molecule has 134 valence electrons. The molecule has 0 aromatic heterocycles. The molecular weight excluding hydrogens is 384 g/mol. The van der Waals surface area contributed by atoms with Crippen LogP contribution >= 0.6 is 15.9 Å². The first-order chi connectivity index (χ1) is 12.0. The molecule has 1 amide bonds. The fourth-order valence-corrected chi connectivity index (χ4v) is 2.78. The molecule has 0 unspecified atom stereocenters. The summed E-state index contributed by atoms with van der Waals surface area (Å²) < 4.78 is 6.14. The average Bonchev–Trinajstić information content (AvgIpc) is 2.60. The number of hydrogen-bond donors (Lipinski definition) is 3. The van der Waals surface area contributed by atoms with Crippen LogP contribution in [0, 0.1) is 0 Å². The molecule has 0 bridgehead atoms. The van der Waals surface area contributed by atoms with E-state index in [1.807, 2.05) is 42.5 Å². The van der Waals surface area contributed by atoms with E-state index >= 15 is 0 Å². The van der Waals surface area contributed by atoms with Gasteiger partial charge in [0, 0.05) is 17.4 Å². The van der Waals surface area contributed by atoms with Crippen molar-refractivity contribution in [3.8, 4) is 0 Å². The van der Waals surface area contributed by atoms with Crippen LogP contribution in [0.4, 0.5) is 4.79 Å². The highest BCUT2D eigenvalue weighted by Gasteiger charge is 2.22. The number of nitrogens with two attached hydrogens (primary N) is 1. The summed E-state index contributed by atoms with van der Waals surface area (Å²) in [6.07, 6.45) is -1.13. The maximum atomic E-state index is 11.1. The second kappa shape index (κ2) is 10.2. The van der Waals surface area contributed by atoms with E-state index in [2.05, 4.69) is 33.4 Å².